The molecule has 0 spiro atoms. The largest absolute Gasteiger partial charge is 0.380 e. The smallest absolute Gasteiger partial charge is 0.275 e. The van der Waals surface area contributed by atoms with Crippen LogP contribution in [0.3, 0.4) is 0 Å². The molecule has 6 heteroatoms. The highest BCUT2D eigenvalue weighted by atomic mass is 19.1. The number of halogens is 2. The summed E-state index contributed by atoms with van der Waals surface area (Å²) >= 11 is 0. The molecule has 1 aromatic carbocycles. The zero-order chi connectivity index (χ0) is 14.3. The fourth-order valence-corrected chi connectivity index (χ4v) is 3.69. The summed E-state index contributed by atoms with van der Waals surface area (Å²) in [7, 11) is 0. The molecule has 3 rings (SSSR count). The van der Waals surface area contributed by atoms with Gasteiger partial charge in [-0.2, -0.15) is 0 Å². The van der Waals surface area contributed by atoms with Crippen LogP contribution in [0.5, 0.6) is 0 Å². The van der Waals surface area contributed by atoms with Gasteiger partial charge in [-0.3, -0.25) is 10.1 Å². The molecule has 0 heterocycles. The maximum Gasteiger partial charge on any atom is 0.275 e. The number of fused-ring (bicyclic) bond motifs is 2. The summed E-state index contributed by atoms with van der Waals surface area (Å²) in [5, 5.41) is 13.3. The summed E-state index contributed by atoms with van der Waals surface area (Å²) in [4.78, 5) is 9.72. The van der Waals surface area contributed by atoms with Crippen LogP contribution in [0.2, 0.25) is 0 Å². The van der Waals surface area contributed by atoms with Gasteiger partial charge in [0.2, 0.25) is 0 Å². The van der Waals surface area contributed by atoms with Crippen molar-refractivity contribution in [1.29, 1.82) is 0 Å². The molecule has 0 aliphatic heterocycles. The Bertz CT molecular complexity index is 527. The second-order valence-electron chi connectivity index (χ2n) is 5.86. The van der Waals surface area contributed by atoms with E-state index >= 15 is 0 Å². The minimum atomic E-state index is -0.903. The molecule has 0 amide bonds. The van der Waals surface area contributed by atoms with Crippen LogP contribution in [0, 0.1) is 39.5 Å². The minimum Gasteiger partial charge on any atom is -0.380 e. The predicted octanol–water partition coefficient (Wildman–Crippen LogP) is 3.72. The number of non-ortho nitro benzene ring substituents is 1. The number of rotatable bonds is 4. The van der Waals surface area contributed by atoms with Crippen molar-refractivity contribution in [2.24, 2.45) is 17.8 Å². The lowest BCUT2D eigenvalue weighted by Crippen LogP contribution is -2.21. The van der Waals surface area contributed by atoms with E-state index in [1.54, 1.807) is 0 Å². The summed E-state index contributed by atoms with van der Waals surface area (Å²) in [6.07, 6.45) is 4.84. The standard InChI is InChI=1S/C14H16F2N2O2/c15-12-5-11(18(19)20)6-13(16)14(12)17-7-10-4-8-1-2-9(10)3-8/h5-6,8-10,17H,1-4,7H2. The van der Waals surface area contributed by atoms with Crippen LogP contribution >= 0.6 is 0 Å². The topological polar surface area (TPSA) is 55.2 Å². The molecule has 20 heavy (non-hydrogen) atoms. The minimum absolute atomic E-state index is 0.252. The molecule has 4 nitrogen and oxygen atoms in total. The number of nitrogens with zero attached hydrogens (tertiary/aromatic N) is 1. The number of nitro benzene ring substituents is 1. The van der Waals surface area contributed by atoms with Crippen LogP contribution in [-0.2, 0) is 0 Å². The fraction of sp³-hybridized carbons (Fsp3) is 0.571. The molecule has 3 unspecified atom stereocenters. The molecule has 3 atom stereocenters. The zero-order valence-electron chi connectivity index (χ0n) is 10.9. The first kappa shape index (κ1) is 13.3. The monoisotopic (exact) mass is 282 g/mol. The summed E-state index contributed by atoms with van der Waals surface area (Å²) in [5.74, 6) is 0.0949. The maximum atomic E-state index is 13.7. The number of hydrogen-bond acceptors (Lipinski definition) is 3. The van der Waals surface area contributed by atoms with Crippen molar-refractivity contribution in [3.05, 3.63) is 33.9 Å². The third kappa shape index (κ3) is 2.34. The summed E-state index contributed by atoms with van der Waals surface area (Å²) in [6, 6.07) is 1.51. The molecule has 0 radical (unpaired) electrons. The number of nitro groups is 1. The van der Waals surface area contributed by atoms with Gasteiger partial charge in [-0.1, -0.05) is 6.42 Å². The second kappa shape index (κ2) is 5.00. The number of nitrogens with one attached hydrogen (secondary N) is 1. The Morgan fingerprint density at radius 1 is 1.25 bits per heavy atom. The quantitative estimate of drug-likeness (QED) is 0.676. The van der Waals surface area contributed by atoms with Crippen LogP contribution in [0.25, 0.3) is 0 Å². The van der Waals surface area contributed by atoms with Gasteiger partial charge in [-0.25, -0.2) is 8.78 Å². The summed E-state index contributed by atoms with van der Waals surface area (Å²) in [6.45, 7) is 0.535. The van der Waals surface area contributed by atoms with Gasteiger partial charge in [0, 0.05) is 6.54 Å². The number of hydrogen-bond donors (Lipinski definition) is 1. The molecule has 2 aliphatic carbocycles. The molecule has 0 saturated heterocycles. The molecule has 2 bridgehead atoms. The SMILES string of the molecule is O=[N+]([O-])c1cc(F)c(NCC2CC3CCC2C3)c(F)c1. The van der Waals surface area contributed by atoms with Gasteiger partial charge in [-0.05, 0) is 37.0 Å². The lowest BCUT2D eigenvalue weighted by atomic mass is 9.89. The first-order chi connectivity index (χ1) is 9.54. The van der Waals surface area contributed by atoms with Crippen LogP contribution in [0.4, 0.5) is 20.2 Å². The van der Waals surface area contributed by atoms with Gasteiger partial charge in [0.15, 0.2) is 11.6 Å². The van der Waals surface area contributed by atoms with Crippen molar-refractivity contribution in [2.75, 3.05) is 11.9 Å². The molecule has 108 valence electrons. The van der Waals surface area contributed by atoms with E-state index in [0.29, 0.717) is 18.4 Å². The first-order valence-corrected chi connectivity index (χ1v) is 6.92. The molecule has 2 saturated carbocycles. The molecule has 2 aliphatic rings. The van der Waals surface area contributed by atoms with Gasteiger partial charge in [0.25, 0.3) is 5.69 Å². The van der Waals surface area contributed by atoms with Crippen molar-refractivity contribution in [1.82, 2.24) is 0 Å². The van der Waals surface area contributed by atoms with Gasteiger partial charge in [-0.15, -0.1) is 0 Å². The fourth-order valence-electron chi connectivity index (χ4n) is 3.69. The summed E-state index contributed by atoms with van der Waals surface area (Å²) < 4.78 is 27.5. The van der Waals surface area contributed by atoms with E-state index in [0.717, 1.165) is 24.5 Å². The van der Waals surface area contributed by atoms with Crippen LogP contribution < -0.4 is 5.32 Å². The Hall–Kier alpha value is -1.72. The van der Waals surface area contributed by atoms with Crippen LogP contribution in [0.15, 0.2) is 12.1 Å². The molecule has 2 fully saturated rings. The number of anilines is 1. The highest BCUT2D eigenvalue weighted by Crippen LogP contribution is 2.48. The highest BCUT2D eigenvalue weighted by molar-refractivity contribution is 5.51. The summed E-state index contributed by atoms with van der Waals surface area (Å²) in [5.41, 5.74) is -0.816. The van der Waals surface area contributed by atoms with Gasteiger partial charge >= 0.3 is 0 Å². The van der Waals surface area contributed by atoms with Crippen LogP contribution in [0.1, 0.15) is 25.7 Å². The normalized spacial score (nSPS) is 27.8. The first-order valence-electron chi connectivity index (χ1n) is 6.92. The Morgan fingerprint density at radius 2 is 1.95 bits per heavy atom. The van der Waals surface area contributed by atoms with E-state index in [1.807, 2.05) is 0 Å². The Labute approximate surface area is 115 Å². The third-order valence-corrected chi connectivity index (χ3v) is 4.66. The van der Waals surface area contributed by atoms with E-state index in [-0.39, 0.29) is 5.69 Å². The molecule has 1 aromatic rings. The highest BCUT2D eigenvalue weighted by Gasteiger charge is 2.39. The Morgan fingerprint density at radius 3 is 2.45 bits per heavy atom. The second-order valence-corrected chi connectivity index (χ2v) is 5.86. The van der Waals surface area contributed by atoms with Crippen LogP contribution in [-0.4, -0.2) is 11.5 Å². The van der Waals surface area contributed by atoms with Crippen molar-refractivity contribution in [2.45, 2.75) is 25.7 Å². The van der Waals surface area contributed by atoms with E-state index in [4.69, 9.17) is 0 Å². The lowest BCUT2D eigenvalue weighted by molar-refractivity contribution is -0.385. The molecule has 0 aromatic heterocycles. The zero-order valence-corrected chi connectivity index (χ0v) is 10.9. The van der Waals surface area contributed by atoms with Crippen molar-refractivity contribution >= 4 is 11.4 Å². The Kier molecular flexibility index (Phi) is 3.31. The van der Waals surface area contributed by atoms with E-state index < -0.39 is 22.2 Å². The van der Waals surface area contributed by atoms with E-state index in [9.17, 15) is 18.9 Å². The van der Waals surface area contributed by atoms with E-state index in [1.165, 1.54) is 19.3 Å². The average molecular weight is 282 g/mol. The predicted molar refractivity (Wildman–Crippen MR) is 70.4 cm³/mol. The Balaban J connectivity index is 1.70. The molecular weight excluding hydrogens is 266 g/mol. The maximum absolute atomic E-state index is 13.7. The van der Waals surface area contributed by atoms with Gasteiger partial charge in [0.1, 0.15) is 5.69 Å². The van der Waals surface area contributed by atoms with Crippen molar-refractivity contribution in [3.63, 3.8) is 0 Å². The number of benzene rings is 1. The average Bonchev–Trinajstić information content (AvgIpc) is 2.99. The van der Waals surface area contributed by atoms with E-state index in [2.05, 4.69) is 5.32 Å². The molecular formula is C14H16F2N2O2. The molecule has 1 N–H and O–H groups in total. The third-order valence-electron chi connectivity index (χ3n) is 4.66. The van der Waals surface area contributed by atoms with Gasteiger partial charge < -0.3 is 5.32 Å². The lowest BCUT2D eigenvalue weighted by Gasteiger charge is -2.22. The van der Waals surface area contributed by atoms with Gasteiger partial charge in [0.05, 0.1) is 17.1 Å². The van der Waals surface area contributed by atoms with Crippen molar-refractivity contribution < 1.29 is 13.7 Å². The van der Waals surface area contributed by atoms with Crippen molar-refractivity contribution in [3.8, 4) is 0 Å².